The van der Waals surface area contributed by atoms with Crippen LogP contribution in [-0.4, -0.2) is 15.0 Å². The Kier molecular flexibility index (Phi) is 6.88. The van der Waals surface area contributed by atoms with Crippen LogP contribution in [0.15, 0.2) is 134 Å². The van der Waals surface area contributed by atoms with Crippen LogP contribution in [0, 0.1) is 22.7 Å². The van der Waals surface area contributed by atoms with E-state index in [1.165, 1.54) is 27.8 Å². The highest BCUT2D eigenvalue weighted by atomic mass is 14.9. The molecule has 0 radical (unpaired) electrons. The summed E-state index contributed by atoms with van der Waals surface area (Å²) in [5, 5.41) is 27.4. The SMILES string of the molecule is CC1(C)c2ccccc2-c2cc3c(-c4cccc(-c5ccnc(C#N)c5)n4)c4ccccc4c(C4C=CC=C(c5ccnc(C#N)c5)N4)c3cc21. The van der Waals surface area contributed by atoms with Crippen LogP contribution in [0.3, 0.4) is 0 Å². The Balaban J connectivity index is 1.33. The number of rotatable bonds is 4. The maximum Gasteiger partial charge on any atom is 0.141 e. The summed E-state index contributed by atoms with van der Waals surface area (Å²) in [5.74, 6) is 0. The highest BCUT2D eigenvalue weighted by Crippen LogP contribution is 2.52. The van der Waals surface area contributed by atoms with Gasteiger partial charge < -0.3 is 5.32 Å². The molecule has 0 fully saturated rings. The van der Waals surface area contributed by atoms with Crippen LogP contribution in [0.1, 0.15) is 53.5 Å². The van der Waals surface area contributed by atoms with Crippen molar-refractivity contribution in [1.29, 1.82) is 10.5 Å². The van der Waals surface area contributed by atoms with Gasteiger partial charge in [0.2, 0.25) is 0 Å². The Bertz CT molecular complexity index is 2740. The molecule has 6 nitrogen and oxygen atoms in total. The van der Waals surface area contributed by atoms with E-state index in [2.05, 4.69) is 126 Å². The van der Waals surface area contributed by atoms with Crippen LogP contribution in [0.5, 0.6) is 0 Å². The molecule has 6 heteroatoms. The monoisotopic (exact) mass is 654 g/mol. The predicted octanol–water partition coefficient (Wildman–Crippen LogP) is 9.80. The average Bonchev–Trinajstić information content (AvgIpc) is 3.41. The molecule has 1 aliphatic carbocycles. The number of pyridine rings is 3. The van der Waals surface area contributed by atoms with Crippen molar-refractivity contribution in [3.8, 4) is 45.8 Å². The number of allylic oxidation sites excluding steroid dienone is 2. The third-order valence-electron chi connectivity index (χ3n) is 10.3. The number of hydrogen-bond donors (Lipinski definition) is 1. The Morgan fingerprint density at radius 3 is 2.16 bits per heavy atom. The number of benzene rings is 4. The van der Waals surface area contributed by atoms with E-state index in [1.807, 2.05) is 30.3 Å². The van der Waals surface area contributed by atoms with Crippen molar-refractivity contribution in [3.05, 3.63) is 167 Å². The third kappa shape index (κ3) is 4.81. The number of fused-ring (bicyclic) bond motifs is 5. The molecule has 51 heavy (non-hydrogen) atoms. The van der Waals surface area contributed by atoms with Gasteiger partial charge >= 0.3 is 0 Å². The maximum atomic E-state index is 9.55. The maximum absolute atomic E-state index is 9.55. The molecule has 3 aromatic heterocycles. The summed E-state index contributed by atoms with van der Waals surface area (Å²) in [4.78, 5) is 13.6. The molecule has 1 unspecified atom stereocenters. The minimum Gasteiger partial charge on any atom is -0.374 e. The van der Waals surface area contributed by atoms with E-state index in [9.17, 15) is 10.5 Å². The van der Waals surface area contributed by atoms with E-state index in [4.69, 9.17) is 4.98 Å². The molecule has 0 bridgehead atoms. The van der Waals surface area contributed by atoms with E-state index in [1.54, 1.807) is 18.5 Å². The fraction of sp³-hybridized carbons (Fsp3) is 0.0889. The van der Waals surface area contributed by atoms with Crippen molar-refractivity contribution in [2.45, 2.75) is 25.3 Å². The molecule has 0 spiro atoms. The zero-order chi connectivity index (χ0) is 34.7. The third-order valence-corrected chi connectivity index (χ3v) is 10.3. The minimum absolute atomic E-state index is 0.157. The Hall–Kier alpha value is -6.89. The molecule has 2 aliphatic rings. The highest BCUT2D eigenvalue weighted by Gasteiger charge is 2.36. The van der Waals surface area contributed by atoms with Crippen molar-refractivity contribution in [2.24, 2.45) is 0 Å². The van der Waals surface area contributed by atoms with E-state index in [0.717, 1.165) is 55.3 Å². The lowest BCUT2D eigenvalue weighted by Gasteiger charge is -2.28. The van der Waals surface area contributed by atoms with Gasteiger partial charge in [-0.2, -0.15) is 10.5 Å². The molecule has 9 rings (SSSR count). The number of hydrogen-bond acceptors (Lipinski definition) is 6. The van der Waals surface area contributed by atoms with Crippen molar-refractivity contribution in [3.63, 3.8) is 0 Å². The lowest BCUT2D eigenvalue weighted by Crippen LogP contribution is -2.21. The van der Waals surface area contributed by atoms with E-state index in [0.29, 0.717) is 11.4 Å². The van der Waals surface area contributed by atoms with Gasteiger partial charge in [-0.05, 0) is 104 Å². The van der Waals surface area contributed by atoms with Crippen LogP contribution < -0.4 is 5.32 Å². The zero-order valence-corrected chi connectivity index (χ0v) is 28.0. The highest BCUT2D eigenvalue weighted by molar-refractivity contribution is 6.16. The van der Waals surface area contributed by atoms with Gasteiger partial charge in [0.05, 0.1) is 17.4 Å². The molecule has 1 N–H and O–H groups in total. The minimum atomic E-state index is -0.188. The van der Waals surface area contributed by atoms with Crippen molar-refractivity contribution in [1.82, 2.24) is 20.3 Å². The lowest BCUT2D eigenvalue weighted by atomic mass is 9.79. The van der Waals surface area contributed by atoms with Crippen molar-refractivity contribution >= 4 is 27.2 Å². The van der Waals surface area contributed by atoms with Crippen LogP contribution in [0.25, 0.3) is 60.9 Å². The molecular formula is C45H30N6. The van der Waals surface area contributed by atoms with Gasteiger partial charge in [-0.3, -0.25) is 0 Å². The fourth-order valence-electron chi connectivity index (χ4n) is 7.93. The van der Waals surface area contributed by atoms with Crippen LogP contribution in [-0.2, 0) is 5.41 Å². The predicted molar refractivity (Wildman–Crippen MR) is 202 cm³/mol. The Morgan fingerprint density at radius 1 is 0.647 bits per heavy atom. The van der Waals surface area contributed by atoms with E-state index < -0.39 is 0 Å². The molecule has 1 aliphatic heterocycles. The number of aromatic nitrogens is 3. The van der Waals surface area contributed by atoms with Crippen molar-refractivity contribution < 1.29 is 0 Å². The van der Waals surface area contributed by atoms with Gasteiger partial charge in [0.1, 0.15) is 23.5 Å². The first kappa shape index (κ1) is 30.2. The molecule has 4 heterocycles. The quantitative estimate of drug-likeness (QED) is 0.190. The summed E-state index contributed by atoms with van der Waals surface area (Å²) >= 11 is 0. The van der Waals surface area contributed by atoms with Gasteiger partial charge in [0.25, 0.3) is 0 Å². The molecule has 0 saturated heterocycles. The summed E-state index contributed by atoms with van der Waals surface area (Å²) in [6.45, 7) is 4.63. The van der Waals surface area contributed by atoms with Crippen LogP contribution in [0.4, 0.5) is 0 Å². The zero-order valence-electron chi connectivity index (χ0n) is 28.0. The number of nitriles is 2. The van der Waals surface area contributed by atoms with Gasteiger partial charge in [0, 0.05) is 40.2 Å². The largest absolute Gasteiger partial charge is 0.374 e. The second kappa shape index (κ2) is 11.6. The summed E-state index contributed by atoms with van der Waals surface area (Å²) in [6, 6.07) is 39.8. The molecule has 4 aromatic carbocycles. The normalized spacial score (nSPS) is 15.4. The number of nitrogens with zero attached hydrogens (tertiary/aromatic N) is 5. The Morgan fingerprint density at radius 2 is 1.35 bits per heavy atom. The summed E-state index contributed by atoms with van der Waals surface area (Å²) in [7, 11) is 0. The summed E-state index contributed by atoms with van der Waals surface area (Å²) < 4.78 is 0. The van der Waals surface area contributed by atoms with Gasteiger partial charge in [-0.1, -0.05) is 80.6 Å². The summed E-state index contributed by atoms with van der Waals surface area (Å²) in [6.07, 6.45) is 9.69. The van der Waals surface area contributed by atoms with Crippen molar-refractivity contribution in [2.75, 3.05) is 0 Å². The first-order valence-corrected chi connectivity index (χ1v) is 16.9. The molecule has 0 amide bonds. The smallest absolute Gasteiger partial charge is 0.141 e. The molecule has 7 aromatic rings. The van der Waals surface area contributed by atoms with Crippen LogP contribution in [0.2, 0.25) is 0 Å². The fourth-order valence-corrected chi connectivity index (χ4v) is 7.93. The number of nitrogens with one attached hydrogen (secondary N) is 1. The molecular weight excluding hydrogens is 625 g/mol. The lowest BCUT2D eigenvalue weighted by molar-refractivity contribution is 0.661. The van der Waals surface area contributed by atoms with E-state index in [-0.39, 0.29) is 11.5 Å². The average molecular weight is 655 g/mol. The van der Waals surface area contributed by atoms with Crippen LogP contribution >= 0.6 is 0 Å². The summed E-state index contributed by atoms with van der Waals surface area (Å²) in [5.41, 5.74) is 12.2. The first-order chi connectivity index (χ1) is 24.9. The topological polar surface area (TPSA) is 98.3 Å². The molecule has 1 atom stereocenters. The Labute approximate surface area is 295 Å². The van der Waals surface area contributed by atoms with E-state index >= 15 is 0 Å². The van der Waals surface area contributed by atoms with Gasteiger partial charge in [-0.15, -0.1) is 0 Å². The molecule has 0 saturated carbocycles. The second-order valence-corrected chi connectivity index (χ2v) is 13.5. The standard InChI is InChI=1S/C45H30N6/c1-45(2)37-12-6-5-9-31(37)34-23-35-36(24-38(34)45)44(42-16-8-14-40(51-42)28-18-20-49-30(22-28)26-47)33-11-4-3-10-32(33)43(35)41-15-7-13-39(50-41)27-17-19-48-29(21-27)25-46/h3-24,42,51H,1-2H3. The second-order valence-electron chi connectivity index (χ2n) is 13.5. The number of dihydropyridines is 1. The first-order valence-electron chi connectivity index (χ1n) is 16.9. The molecule has 240 valence electrons. The van der Waals surface area contributed by atoms with Gasteiger partial charge in [0.15, 0.2) is 0 Å². The van der Waals surface area contributed by atoms with Gasteiger partial charge in [-0.25, -0.2) is 15.0 Å².